The average Bonchev–Trinajstić information content (AvgIpc) is 3.12. The third-order valence-corrected chi connectivity index (χ3v) is 5.04. The van der Waals surface area contributed by atoms with Gasteiger partial charge in [-0.05, 0) is 31.2 Å². The molecule has 0 bridgehead atoms. The Morgan fingerprint density at radius 1 is 1.15 bits per heavy atom. The maximum atomic E-state index is 13.2. The molecule has 4 rings (SSSR count). The smallest absolute Gasteiger partial charge is 0.266 e. The number of methoxy groups -OCH3 is 1. The van der Waals surface area contributed by atoms with E-state index in [9.17, 15) is 4.79 Å². The fourth-order valence-corrected chi connectivity index (χ4v) is 3.69. The standard InChI is InChI=1S/C20H17N3O3S/c1-13-10-16(26-22-13)12-27-20-21-18-9-4-3-8-17(18)19(24)23(20)14-6-5-7-15(11-14)25-2/h3-11H,12H2,1-2H3. The van der Waals surface area contributed by atoms with Crippen LogP contribution >= 0.6 is 11.8 Å². The minimum absolute atomic E-state index is 0.120. The fourth-order valence-electron chi connectivity index (χ4n) is 2.81. The predicted octanol–water partition coefficient (Wildman–Crippen LogP) is 3.98. The molecule has 0 saturated heterocycles. The number of rotatable bonds is 5. The highest BCUT2D eigenvalue weighted by atomic mass is 32.2. The van der Waals surface area contributed by atoms with E-state index in [-0.39, 0.29) is 5.56 Å². The van der Waals surface area contributed by atoms with Crippen molar-refractivity contribution in [3.8, 4) is 11.4 Å². The lowest BCUT2D eigenvalue weighted by atomic mass is 10.2. The fraction of sp³-hybridized carbons (Fsp3) is 0.150. The van der Waals surface area contributed by atoms with Gasteiger partial charge in [0.15, 0.2) is 5.16 Å². The highest BCUT2D eigenvalue weighted by Crippen LogP contribution is 2.26. The summed E-state index contributed by atoms with van der Waals surface area (Å²) in [5, 5.41) is 5.06. The molecule has 0 amide bonds. The summed E-state index contributed by atoms with van der Waals surface area (Å²) in [6, 6.07) is 16.6. The number of aromatic nitrogens is 3. The topological polar surface area (TPSA) is 70.2 Å². The third kappa shape index (κ3) is 3.46. The summed E-state index contributed by atoms with van der Waals surface area (Å²) in [4.78, 5) is 17.9. The van der Waals surface area contributed by atoms with Gasteiger partial charge in [0.1, 0.15) is 11.5 Å². The molecule has 136 valence electrons. The van der Waals surface area contributed by atoms with Gasteiger partial charge in [-0.15, -0.1) is 0 Å². The summed E-state index contributed by atoms with van der Waals surface area (Å²) in [5.41, 5.74) is 2.07. The van der Waals surface area contributed by atoms with Crippen LogP contribution in [0.25, 0.3) is 16.6 Å². The highest BCUT2D eigenvalue weighted by molar-refractivity contribution is 7.98. The van der Waals surface area contributed by atoms with Gasteiger partial charge in [-0.3, -0.25) is 9.36 Å². The van der Waals surface area contributed by atoms with Crippen molar-refractivity contribution in [2.24, 2.45) is 0 Å². The van der Waals surface area contributed by atoms with Gasteiger partial charge in [0, 0.05) is 12.1 Å². The molecular formula is C20H17N3O3S. The molecule has 0 atom stereocenters. The lowest BCUT2D eigenvalue weighted by Gasteiger charge is -2.13. The van der Waals surface area contributed by atoms with E-state index in [4.69, 9.17) is 14.2 Å². The number of hydrogen-bond acceptors (Lipinski definition) is 6. The molecule has 4 aromatic rings. The van der Waals surface area contributed by atoms with Crippen LogP contribution in [0.4, 0.5) is 0 Å². The second-order valence-electron chi connectivity index (χ2n) is 5.98. The van der Waals surface area contributed by atoms with Crippen molar-refractivity contribution in [2.75, 3.05) is 7.11 Å². The van der Waals surface area contributed by atoms with Crippen LogP contribution < -0.4 is 10.3 Å². The molecule has 0 aliphatic rings. The maximum absolute atomic E-state index is 13.2. The van der Waals surface area contributed by atoms with Gasteiger partial charge in [-0.1, -0.05) is 35.1 Å². The highest BCUT2D eigenvalue weighted by Gasteiger charge is 2.15. The average molecular weight is 379 g/mol. The minimum atomic E-state index is -0.120. The number of fused-ring (bicyclic) bond motifs is 1. The van der Waals surface area contributed by atoms with Crippen LogP contribution in [0.1, 0.15) is 11.5 Å². The summed E-state index contributed by atoms with van der Waals surface area (Å²) in [6.07, 6.45) is 0. The molecule has 0 radical (unpaired) electrons. The number of ether oxygens (including phenoxy) is 1. The van der Waals surface area contributed by atoms with Gasteiger partial charge in [0.05, 0.1) is 35.1 Å². The third-order valence-electron chi connectivity index (χ3n) is 4.08. The molecule has 27 heavy (non-hydrogen) atoms. The van der Waals surface area contributed by atoms with Gasteiger partial charge in [0.25, 0.3) is 5.56 Å². The van der Waals surface area contributed by atoms with Gasteiger partial charge in [-0.25, -0.2) is 4.98 Å². The monoisotopic (exact) mass is 379 g/mol. The Kier molecular flexibility index (Phi) is 4.68. The van der Waals surface area contributed by atoms with E-state index < -0.39 is 0 Å². The van der Waals surface area contributed by atoms with E-state index in [2.05, 4.69) is 5.16 Å². The second-order valence-corrected chi connectivity index (χ2v) is 6.92. The molecule has 0 spiro atoms. The van der Waals surface area contributed by atoms with Crippen molar-refractivity contribution in [1.82, 2.24) is 14.7 Å². The van der Waals surface area contributed by atoms with Crippen molar-refractivity contribution in [2.45, 2.75) is 17.8 Å². The van der Waals surface area contributed by atoms with Crippen LogP contribution in [-0.2, 0) is 5.75 Å². The molecule has 2 aromatic heterocycles. The SMILES string of the molecule is COc1cccc(-n2c(SCc3cc(C)no3)nc3ccccc3c2=O)c1. The van der Waals surface area contributed by atoms with Crippen LogP contribution in [0.5, 0.6) is 5.75 Å². The van der Waals surface area contributed by atoms with Crippen molar-refractivity contribution in [3.05, 3.63) is 76.4 Å². The largest absolute Gasteiger partial charge is 0.497 e. The summed E-state index contributed by atoms with van der Waals surface area (Å²) < 4.78 is 12.2. The zero-order chi connectivity index (χ0) is 18.8. The molecule has 2 heterocycles. The first-order valence-electron chi connectivity index (χ1n) is 8.37. The number of aryl methyl sites for hydroxylation is 1. The quantitative estimate of drug-likeness (QED) is 0.386. The zero-order valence-corrected chi connectivity index (χ0v) is 15.7. The van der Waals surface area contributed by atoms with E-state index in [1.807, 2.05) is 55.5 Å². The normalized spacial score (nSPS) is 11.0. The number of nitrogens with zero attached hydrogens (tertiary/aromatic N) is 3. The van der Waals surface area contributed by atoms with Crippen LogP contribution in [0.3, 0.4) is 0 Å². The van der Waals surface area contributed by atoms with Crippen LogP contribution in [0.2, 0.25) is 0 Å². The maximum Gasteiger partial charge on any atom is 0.266 e. The van der Waals surface area contributed by atoms with Crippen molar-refractivity contribution >= 4 is 22.7 Å². The van der Waals surface area contributed by atoms with Gasteiger partial charge < -0.3 is 9.26 Å². The predicted molar refractivity (Wildman–Crippen MR) is 105 cm³/mol. The second kappa shape index (κ2) is 7.28. The van der Waals surface area contributed by atoms with E-state index >= 15 is 0 Å². The van der Waals surface area contributed by atoms with E-state index in [1.54, 1.807) is 17.7 Å². The Morgan fingerprint density at radius 2 is 2.00 bits per heavy atom. The Morgan fingerprint density at radius 3 is 2.78 bits per heavy atom. The molecule has 0 saturated carbocycles. The van der Waals surface area contributed by atoms with E-state index in [1.165, 1.54) is 11.8 Å². The van der Waals surface area contributed by atoms with Crippen LogP contribution in [-0.4, -0.2) is 21.8 Å². The molecular weight excluding hydrogens is 362 g/mol. The number of thioether (sulfide) groups is 1. The molecule has 7 heteroatoms. The van der Waals surface area contributed by atoms with Gasteiger partial charge >= 0.3 is 0 Å². The zero-order valence-electron chi connectivity index (χ0n) is 14.9. The minimum Gasteiger partial charge on any atom is -0.497 e. The van der Waals surface area contributed by atoms with Crippen LogP contribution in [0, 0.1) is 6.92 Å². The van der Waals surface area contributed by atoms with E-state index in [0.29, 0.717) is 33.2 Å². The number of para-hydroxylation sites is 1. The first-order valence-corrected chi connectivity index (χ1v) is 9.35. The first-order chi connectivity index (χ1) is 13.2. The Labute approximate surface area is 159 Å². The molecule has 6 nitrogen and oxygen atoms in total. The van der Waals surface area contributed by atoms with Gasteiger partial charge in [0.2, 0.25) is 0 Å². The molecule has 0 aliphatic carbocycles. The molecule has 0 fully saturated rings. The van der Waals surface area contributed by atoms with Crippen molar-refractivity contribution < 1.29 is 9.26 Å². The molecule has 0 unspecified atom stereocenters. The van der Waals surface area contributed by atoms with Crippen LogP contribution in [0.15, 0.2) is 69.1 Å². The Balaban J connectivity index is 1.85. The summed E-state index contributed by atoms with van der Waals surface area (Å²) in [5.74, 6) is 1.93. The van der Waals surface area contributed by atoms with Crippen molar-refractivity contribution in [3.63, 3.8) is 0 Å². The molecule has 0 N–H and O–H groups in total. The summed E-state index contributed by atoms with van der Waals surface area (Å²) >= 11 is 1.43. The Bertz CT molecular complexity index is 1170. The Hall–Kier alpha value is -3.06. The molecule has 2 aromatic carbocycles. The van der Waals surface area contributed by atoms with E-state index in [0.717, 1.165) is 11.5 Å². The summed E-state index contributed by atoms with van der Waals surface area (Å²) in [7, 11) is 1.60. The van der Waals surface area contributed by atoms with Crippen molar-refractivity contribution in [1.29, 1.82) is 0 Å². The summed E-state index contributed by atoms with van der Waals surface area (Å²) in [6.45, 7) is 1.87. The van der Waals surface area contributed by atoms with Gasteiger partial charge in [-0.2, -0.15) is 0 Å². The number of benzene rings is 2. The first kappa shape index (κ1) is 17.4. The number of hydrogen-bond donors (Lipinski definition) is 0. The lowest BCUT2D eigenvalue weighted by Crippen LogP contribution is -2.21. The molecule has 0 aliphatic heterocycles. The lowest BCUT2D eigenvalue weighted by molar-refractivity contribution is 0.391.